The second kappa shape index (κ2) is 10.1. The van der Waals surface area contributed by atoms with E-state index < -0.39 is 0 Å². The zero-order valence-corrected chi connectivity index (χ0v) is 20.8. The Morgan fingerprint density at radius 2 is 1.35 bits per heavy atom. The minimum atomic E-state index is 0.0452. The molecule has 1 aromatic heterocycles. The topological polar surface area (TPSA) is 42.2 Å². The summed E-state index contributed by atoms with van der Waals surface area (Å²) in [5, 5.41) is 8.66. The van der Waals surface area contributed by atoms with Crippen molar-refractivity contribution in [3.63, 3.8) is 0 Å². The van der Waals surface area contributed by atoms with Crippen LogP contribution in [0.1, 0.15) is 29.3 Å². The number of hydrogen-bond donors (Lipinski definition) is 1. The zero-order valence-electron chi connectivity index (χ0n) is 20.8. The third-order valence-electron chi connectivity index (χ3n) is 6.70. The molecule has 180 valence electrons. The number of aliphatic imine (C=N–C) groups is 1. The van der Waals surface area contributed by atoms with Gasteiger partial charge in [-0.25, -0.2) is 9.67 Å². The Morgan fingerprint density at radius 1 is 0.730 bits per heavy atom. The molecule has 0 aliphatic carbocycles. The van der Waals surface area contributed by atoms with E-state index in [1.165, 1.54) is 16.7 Å². The van der Waals surface area contributed by atoms with Crippen molar-refractivity contribution in [3.05, 3.63) is 138 Å². The number of para-hydroxylation sites is 1. The average molecular weight is 481 g/mol. The summed E-state index contributed by atoms with van der Waals surface area (Å²) in [5.74, 6) is 0.920. The van der Waals surface area contributed by atoms with Crippen LogP contribution in [0.15, 0.2) is 126 Å². The van der Waals surface area contributed by atoms with Gasteiger partial charge in [0.1, 0.15) is 5.69 Å². The molecule has 1 aliphatic rings. The Morgan fingerprint density at radius 3 is 2.05 bits per heavy atom. The van der Waals surface area contributed by atoms with Gasteiger partial charge in [0.2, 0.25) is 0 Å². The Balaban J connectivity index is 1.41. The first-order valence-electron chi connectivity index (χ1n) is 12.6. The standard InChI is InChI=1S/C33H28N4/c1-24-32-33(37(36-24)30-15-9-4-10-16-30)35-31(23-29(34-32)22-17-25-11-5-2-6-12-25)28-20-18-27(19-21-28)26-13-7-3-8-14-26/h2-22,31,35H,23H2,1H3. The van der Waals surface area contributed by atoms with Gasteiger partial charge >= 0.3 is 0 Å². The first-order chi connectivity index (χ1) is 18.2. The molecule has 6 rings (SSSR count). The van der Waals surface area contributed by atoms with Crippen LogP contribution in [-0.4, -0.2) is 15.5 Å². The summed E-state index contributed by atoms with van der Waals surface area (Å²) in [6.07, 6.45) is 5.03. The highest BCUT2D eigenvalue weighted by Crippen LogP contribution is 2.38. The molecule has 2 heterocycles. The van der Waals surface area contributed by atoms with Gasteiger partial charge < -0.3 is 5.32 Å². The summed E-state index contributed by atoms with van der Waals surface area (Å²) >= 11 is 0. The molecule has 0 radical (unpaired) electrons. The summed E-state index contributed by atoms with van der Waals surface area (Å²) in [6.45, 7) is 2.02. The molecular weight excluding hydrogens is 452 g/mol. The smallest absolute Gasteiger partial charge is 0.156 e. The number of nitrogens with one attached hydrogen (secondary N) is 1. The molecule has 0 bridgehead atoms. The van der Waals surface area contributed by atoms with E-state index in [1.807, 2.05) is 41.9 Å². The van der Waals surface area contributed by atoms with Crippen molar-refractivity contribution in [2.45, 2.75) is 19.4 Å². The molecule has 1 N–H and O–H groups in total. The molecule has 1 atom stereocenters. The lowest BCUT2D eigenvalue weighted by Crippen LogP contribution is -2.15. The lowest BCUT2D eigenvalue weighted by Gasteiger charge is -2.20. The predicted molar refractivity (Wildman–Crippen MR) is 154 cm³/mol. The highest BCUT2D eigenvalue weighted by Gasteiger charge is 2.25. The number of aromatic nitrogens is 2. The van der Waals surface area contributed by atoms with Crippen LogP contribution >= 0.6 is 0 Å². The van der Waals surface area contributed by atoms with Gasteiger partial charge in [-0.05, 0) is 47.4 Å². The fraction of sp³-hybridized carbons (Fsp3) is 0.0909. The number of benzene rings is 4. The Kier molecular flexibility index (Phi) is 6.22. The SMILES string of the molecule is Cc1nn(-c2ccccc2)c2c1N=C(C=Cc1ccccc1)CC(c1ccc(-c3ccccc3)cc1)N2. The van der Waals surface area contributed by atoms with Crippen molar-refractivity contribution in [1.82, 2.24) is 9.78 Å². The third-order valence-corrected chi connectivity index (χ3v) is 6.70. The van der Waals surface area contributed by atoms with Crippen LogP contribution in [0.25, 0.3) is 22.9 Å². The van der Waals surface area contributed by atoms with Crippen LogP contribution in [0.5, 0.6) is 0 Å². The number of fused-ring (bicyclic) bond motifs is 1. The highest BCUT2D eigenvalue weighted by atomic mass is 15.4. The zero-order chi connectivity index (χ0) is 25.0. The molecule has 1 unspecified atom stereocenters. The lowest BCUT2D eigenvalue weighted by molar-refractivity contribution is 0.790. The lowest BCUT2D eigenvalue weighted by atomic mass is 9.97. The van der Waals surface area contributed by atoms with Crippen LogP contribution in [-0.2, 0) is 0 Å². The molecule has 4 heteroatoms. The van der Waals surface area contributed by atoms with E-state index in [4.69, 9.17) is 10.1 Å². The summed E-state index contributed by atoms with van der Waals surface area (Å²) in [5.41, 5.74) is 8.61. The number of anilines is 1. The molecular formula is C33H28N4. The number of aryl methyl sites for hydroxylation is 1. The van der Waals surface area contributed by atoms with Crippen molar-refractivity contribution in [2.24, 2.45) is 4.99 Å². The minimum absolute atomic E-state index is 0.0452. The highest BCUT2D eigenvalue weighted by molar-refractivity contribution is 6.02. The van der Waals surface area contributed by atoms with E-state index in [1.54, 1.807) is 0 Å². The Hall–Kier alpha value is -4.70. The van der Waals surface area contributed by atoms with Crippen molar-refractivity contribution in [3.8, 4) is 16.8 Å². The Bertz CT molecular complexity index is 1550. The summed E-state index contributed by atoms with van der Waals surface area (Å²) in [7, 11) is 0. The average Bonchev–Trinajstić information content (AvgIpc) is 3.14. The Labute approximate surface area is 217 Å². The number of rotatable bonds is 5. The van der Waals surface area contributed by atoms with Crippen LogP contribution in [0.3, 0.4) is 0 Å². The van der Waals surface area contributed by atoms with Crippen molar-refractivity contribution < 1.29 is 0 Å². The maximum Gasteiger partial charge on any atom is 0.156 e. The van der Waals surface area contributed by atoms with Crippen LogP contribution in [0.4, 0.5) is 11.5 Å². The van der Waals surface area contributed by atoms with E-state index in [0.29, 0.717) is 0 Å². The second-order valence-corrected chi connectivity index (χ2v) is 9.27. The van der Waals surface area contributed by atoms with E-state index in [0.717, 1.165) is 40.6 Å². The largest absolute Gasteiger partial charge is 0.361 e. The molecule has 1 aliphatic heterocycles. The molecule has 0 saturated heterocycles. The molecule has 4 nitrogen and oxygen atoms in total. The van der Waals surface area contributed by atoms with Crippen molar-refractivity contribution in [1.29, 1.82) is 0 Å². The first kappa shape index (κ1) is 22.7. The molecule has 0 spiro atoms. The van der Waals surface area contributed by atoms with Crippen molar-refractivity contribution in [2.75, 3.05) is 5.32 Å². The summed E-state index contributed by atoms with van der Waals surface area (Å²) in [6, 6.07) is 40.0. The number of allylic oxidation sites excluding steroid dienone is 1. The monoisotopic (exact) mass is 480 g/mol. The molecule has 5 aromatic rings. The van der Waals surface area contributed by atoms with Gasteiger partial charge in [0, 0.05) is 12.1 Å². The van der Waals surface area contributed by atoms with Gasteiger partial charge in [-0.1, -0.05) is 109 Å². The fourth-order valence-electron chi connectivity index (χ4n) is 4.75. The molecule has 37 heavy (non-hydrogen) atoms. The maximum atomic E-state index is 5.12. The van der Waals surface area contributed by atoms with Gasteiger partial charge in [-0.2, -0.15) is 5.10 Å². The van der Waals surface area contributed by atoms with Crippen LogP contribution < -0.4 is 5.32 Å². The van der Waals surface area contributed by atoms with Gasteiger partial charge in [0.15, 0.2) is 5.82 Å². The van der Waals surface area contributed by atoms with Gasteiger partial charge in [-0.3, -0.25) is 0 Å². The molecule has 0 fully saturated rings. The van der Waals surface area contributed by atoms with Crippen LogP contribution in [0, 0.1) is 6.92 Å². The van der Waals surface area contributed by atoms with E-state index in [9.17, 15) is 0 Å². The molecule has 0 amide bonds. The number of hydrogen-bond acceptors (Lipinski definition) is 3. The van der Waals surface area contributed by atoms with E-state index in [2.05, 4.69) is 102 Å². The maximum absolute atomic E-state index is 5.12. The third kappa shape index (κ3) is 4.87. The van der Waals surface area contributed by atoms with E-state index >= 15 is 0 Å². The van der Waals surface area contributed by atoms with E-state index in [-0.39, 0.29) is 6.04 Å². The molecule has 4 aromatic carbocycles. The van der Waals surface area contributed by atoms with Crippen molar-refractivity contribution >= 4 is 23.3 Å². The summed E-state index contributed by atoms with van der Waals surface area (Å²) < 4.78 is 1.98. The molecule has 0 saturated carbocycles. The van der Waals surface area contributed by atoms with Gasteiger partial charge in [-0.15, -0.1) is 0 Å². The normalized spacial score (nSPS) is 15.1. The predicted octanol–water partition coefficient (Wildman–Crippen LogP) is 8.19. The second-order valence-electron chi connectivity index (χ2n) is 9.27. The summed E-state index contributed by atoms with van der Waals surface area (Å²) in [4.78, 5) is 5.12. The quantitative estimate of drug-likeness (QED) is 0.275. The van der Waals surface area contributed by atoms with Crippen LogP contribution in [0.2, 0.25) is 0 Å². The minimum Gasteiger partial charge on any atom is -0.361 e. The van der Waals surface area contributed by atoms with Gasteiger partial charge in [0.25, 0.3) is 0 Å². The fourth-order valence-corrected chi connectivity index (χ4v) is 4.75. The van der Waals surface area contributed by atoms with Gasteiger partial charge in [0.05, 0.1) is 17.4 Å². The number of nitrogens with zero attached hydrogens (tertiary/aromatic N) is 3. The first-order valence-corrected chi connectivity index (χ1v) is 12.6.